The van der Waals surface area contributed by atoms with Gasteiger partial charge in [0, 0.05) is 34.1 Å². The van der Waals surface area contributed by atoms with Crippen molar-refractivity contribution >= 4 is 39.5 Å². The average molecular weight is 491 g/mol. The molecule has 30 heavy (non-hydrogen) atoms. The monoisotopic (exact) mass is 490 g/mol. The average Bonchev–Trinajstić information content (AvgIpc) is 2.74. The highest BCUT2D eigenvalue weighted by Crippen LogP contribution is 2.21. The Morgan fingerprint density at radius 1 is 1.07 bits per heavy atom. The van der Waals surface area contributed by atoms with Crippen molar-refractivity contribution in [3.8, 4) is 0 Å². The highest BCUT2D eigenvalue weighted by molar-refractivity contribution is 9.10. The van der Waals surface area contributed by atoms with Gasteiger partial charge < -0.3 is 10.2 Å². The van der Waals surface area contributed by atoms with Crippen molar-refractivity contribution in [3.63, 3.8) is 0 Å². The van der Waals surface area contributed by atoms with Gasteiger partial charge in [-0.3, -0.25) is 9.59 Å². The third-order valence-corrected chi connectivity index (χ3v) is 6.58. The Hall–Kier alpha value is -1.79. The zero-order valence-electron chi connectivity index (χ0n) is 18.2. The zero-order chi connectivity index (χ0) is 22.1. The molecule has 0 bridgehead atoms. The van der Waals surface area contributed by atoms with Crippen molar-refractivity contribution in [2.24, 2.45) is 0 Å². The van der Waals surface area contributed by atoms with Crippen LogP contribution >= 0.6 is 27.7 Å². The van der Waals surface area contributed by atoms with Crippen LogP contribution in [0.3, 0.4) is 0 Å². The Morgan fingerprint density at radius 3 is 2.30 bits per heavy atom. The number of carbonyl (C=O) groups excluding carboxylic acids is 2. The molecule has 0 saturated heterocycles. The third kappa shape index (κ3) is 7.80. The molecule has 0 saturated carbocycles. The van der Waals surface area contributed by atoms with Gasteiger partial charge in [-0.2, -0.15) is 0 Å². The highest BCUT2D eigenvalue weighted by Gasteiger charge is 2.26. The van der Waals surface area contributed by atoms with E-state index in [1.807, 2.05) is 45.0 Å². The van der Waals surface area contributed by atoms with E-state index in [0.29, 0.717) is 18.7 Å². The largest absolute Gasteiger partial charge is 0.352 e. The van der Waals surface area contributed by atoms with E-state index in [1.165, 1.54) is 5.56 Å². The number of thioether (sulfide) groups is 1. The van der Waals surface area contributed by atoms with E-state index in [-0.39, 0.29) is 17.9 Å². The van der Waals surface area contributed by atoms with Crippen LogP contribution in [0.5, 0.6) is 0 Å². The number of hydrogen-bond donors (Lipinski definition) is 1. The van der Waals surface area contributed by atoms with Crippen molar-refractivity contribution in [3.05, 3.63) is 64.1 Å². The van der Waals surface area contributed by atoms with E-state index in [2.05, 4.69) is 52.4 Å². The van der Waals surface area contributed by atoms with Crippen LogP contribution < -0.4 is 5.32 Å². The zero-order valence-corrected chi connectivity index (χ0v) is 20.6. The van der Waals surface area contributed by atoms with Crippen molar-refractivity contribution in [1.29, 1.82) is 0 Å². The molecule has 2 aromatic carbocycles. The molecule has 0 fully saturated rings. The molecule has 2 atom stereocenters. The molecule has 0 spiro atoms. The van der Waals surface area contributed by atoms with Gasteiger partial charge >= 0.3 is 0 Å². The molecule has 1 N–H and O–H groups in total. The van der Waals surface area contributed by atoms with Crippen molar-refractivity contribution in [2.45, 2.75) is 64.1 Å². The van der Waals surface area contributed by atoms with E-state index in [0.717, 1.165) is 21.4 Å². The normalized spacial score (nSPS) is 12.8. The van der Waals surface area contributed by atoms with E-state index >= 15 is 0 Å². The topological polar surface area (TPSA) is 49.4 Å². The molecular weight excluding hydrogens is 460 g/mol. The Balaban J connectivity index is 2.06. The second-order valence-electron chi connectivity index (χ2n) is 7.55. The lowest BCUT2D eigenvalue weighted by molar-refractivity contribution is -0.140. The minimum Gasteiger partial charge on any atom is -0.352 e. The minimum atomic E-state index is -0.528. The van der Waals surface area contributed by atoms with Gasteiger partial charge in [-0.1, -0.05) is 52.7 Å². The number of hydrogen-bond acceptors (Lipinski definition) is 3. The number of nitrogens with one attached hydrogen (secondary N) is 1. The predicted molar refractivity (Wildman–Crippen MR) is 129 cm³/mol. The summed E-state index contributed by atoms with van der Waals surface area (Å²) in [5.74, 6) is 0.559. The van der Waals surface area contributed by atoms with Crippen LogP contribution in [-0.4, -0.2) is 34.6 Å². The standard InChI is InChI=1S/C24H31BrN2O2S/c1-5-18(3)26-24(29)19(4)27(16-20-8-10-21(25)11-9-20)23(28)14-15-30-22-12-6-17(2)7-13-22/h6-13,18-19H,5,14-16H2,1-4H3,(H,26,29)/t18-,19-/m0/s1. The molecule has 2 amide bonds. The van der Waals surface area contributed by atoms with Crippen LogP contribution in [0.25, 0.3) is 0 Å². The van der Waals surface area contributed by atoms with Gasteiger partial charge in [-0.05, 0) is 57.0 Å². The van der Waals surface area contributed by atoms with Crippen LogP contribution in [0.1, 0.15) is 44.7 Å². The van der Waals surface area contributed by atoms with Crippen molar-refractivity contribution in [1.82, 2.24) is 10.2 Å². The van der Waals surface area contributed by atoms with Gasteiger partial charge in [0.2, 0.25) is 11.8 Å². The lowest BCUT2D eigenvalue weighted by Gasteiger charge is -2.29. The molecule has 2 aromatic rings. The summed E-state index contributed by atoms with van der Waals surface area (Å²) in [6.07, 6.45) is 1.24. The lowest BCUT2D eigenvalue weighted by Crippen LogP contribution is -2.49. The molecule has 2 rings (SSSR count). The first kappa shape index (κ1) is 24.5. The number of benzene rings is 2. The summed E-state index contributed by atoms with van der Waals surface area (Å²) in [4.78, 5) is 28.6. The second kappa shape index (κ2) is 12.2. The van der Waals surface area contributed by atoms with Crippen LogP contribution in [0.2, 0.25) is 0 Å². The first-order valence-corrected chi connectivity index (χ1v) is 12.1. The minimum absolute atomic E-state index is 0.00988. The molecule has 0 heterocycles. The quantitative estimate of drug-likeness (QED) is 0.442. The molecule has 162 valence electrons. The summed E-state index contributed by atoms with van der Waals surface area (Å²) in [7, 11) is 0. The smallest absolute Gasteiger partial charge is 0.242 e. The highest BCUT2D eigenvalue weighted by atomic mass is 79.9. The van der Waals surface area contributed by atoms with Gasteiger partial charge in [0.25, 0.3) is 0 Å². The summed E-state index contributed by atoms with van der Waals surface area (Å²) in [5, 5.41) is 3.00. The predicted octanol–water partition coefficient (Wildman–Crippen LogP) is 5.57. The summed E-state index contributed by atoms with van der Waals surface area (Å²) < 4.78 is 0.987. The first-order valence-electron chi connectivity index (χ1n) is 10.3. The number of nitrogens with zero attached hydrogens (tertiary/aromatic N) is 1. The maximum atomic E-state index is 13.1. The maximum Gasteiger partial charge on any atom is 0.242 e. The fourth-order valence-corrected chi connectivity index (χ4v) is 3.97. The molecule has 0 aliphatic heterocycles. The second-order valence-corrected chi connectivity index (χ2v) is 9.64. The van der Waals surface area contributed by atoms with Gasteiger partial charge in [-0.25, -0.2) is 0 Å². The van der Waals surface area contributed by atoms with E-state index in [9.17, 15) is 9.59 Å². The first-order chi connectivity index (χ1) is 14.3. The Morgan fingerprint density at radius 2 is 1.70 bits per heavy atom. The van der Waals surface area contributed by atoms with Crippen LogP contribution in [0, 0.1) is 6.92 Å². The number of amides is 2. The van der Waals surface area contributed by atoms with Crippen LogP contribution in [-0.2, 0) is 16.1 Å². The van der Waals surface area contributed by atoms with Gasteiger partial charge in [0.15, 0.2) is 0 Å². The Kier molecular flexibility index (Phi) is 9.92. The summed E-state index contributed by atoms with van der Waals surface area (Å²) in [5.41, 5.74) is 2.22. The lowest BCUT2D eigenvalue weighted by atomic mass is 10.1. The Bertz CT molecular complexity index is 824. The maximum absolute atomic E-state index is 13.1. The molecular formula is C24H31BrN2O2S. The number of carbonyl (C=O) groups is 2. The molecule has 0 unspecified atom stereocenters. The third-order valence-electron chi connectivity index (χ3n) is 5.04. The number of aryl methyl sites for hydroxylation is 1. The van der Waals surface area contributed by atoms with E-state index in [4.69, 9.17) is 0 Å². The van der Waals surface area contributed by atoms with Gasteiger partial charge in [0.05, 0.1) is 0 Å². The SMILES string of the molecule is CC[C@H](C)NC(=O)[C@H](C)N(Cc1ccc(Br)cc1)C(=O)CCSc1ccc(C)cc1. The van der Waals surface area contributed by atoms with Gasteiger partial charge in [-0.15, -0.1) is 11.8 Å². The number of halogens is 1. The van der Waals surface area contributed by atoms with Crippen LogP contribution in [0.15, 0.2) is 57.9 Å². The van der Waals surface area contributed by atoms with Crippen molar-refractivity contribution < 1.29 is 9.59 Å². The summed E-state index contributed by atoms with van der Waals surface area (Å²) in [6.45, 7) is 8.29. The summed E-state index contributed by atoms with van der Waals surface area (Å²) >= 11 is 5.10. The van der Waals surface area contributed by atoms with Crippen LogP contribution in [0.4, 0.5) is 0 Å². The number of rotatable bonds is 10. The molecule has 0 aliphatic rings. The molecule has 0 radical (unpaired) electrons. The van der Waals surface area contributed by atoms with Gasteiger partial charge in [0.1, 0.15) is 6.04 Å². The van der Waals surface area contributed by atoms with E-state index in [1.54, 1.807) is 16.7 Å². The fraction of sp³-hybridized carbons (Fsp3) is 0.417. The molecule has 0 aliphatic carbocycles. The molecule has 0 aromatic heterocycles. The van der Waals surface area contributed by atoms with Crippen molar-refractivity contribution in [2.75, 3.05) is 5.75 Å². The molecule has 6 heteroatoms. The summed E-state index contributed by atoms with van der Waals surface area (Å²) in [6, 6.07) is 15.7. The fourth-order valence-electron chi connectivity index (χ4n) is 2.87. The Labute approximate surface area is 192 Å². The van der Waals surface area contributed by atoms with E-state index < -0.39 is 6.04 Å². The molecule has 4 nitrogen and oxygen atoms in total.